The van der Waals surface area contributed by atoms with E-state index in [1.165, 1.54) is 61.5 Å². The number of aromatic nitrogens is 2. The molecule has 2 aliphatic rings. The molecule has 2 aliphatic heterocycles. The lowest BCUT2D eigenvalue weighted by Gasteiger charge is -2.26. The molecule has 3 rings (SSSR count). The summed E-state index contributed by atoms with van der Waals surface area (Å²) in [7, 11) is 0. The largest absolute Gasteiger partial charge is 0.329 e. The standard InChI is InChI=1S/C14H22N2S/c1-11-3-2-4-13-10-15-14(16(11)13)9-12-5-7-17-8-6-12/h10-12H,2-9H2,1H3. The third-order valence-electron chi connectivity index (χ3n) is 4.26. The van der Waals surface area contributed by atoms with Crippen molar-refractivity contribution in [3.63, 3.8) is 0 Å². The Hall–Kier alpha value is -0.440. The van der Waals surface area contributed by atoms with E-state index in [0.717, 1.165) is 5.92 Å². The minimum Gasteiger partial charge on any atom is -0.329 e. The van der Waals surface area contributed by atoms with Crippen molar-refractivity contribution in [1.82, 2.24) is 9.55 Å². The van der Waals surface area contributed by atoms with Crippen molar-refractivity contribution >= 4 is 11.8 Å². The monoisotopic (exact) mass is 250 g/mol. The van der Waals surface area contributed by atoms with E-state index in [-0.39, 0.29) is 0 Å². The minimum atomic E-state index is 0.675. The van der Waals surface area contributed by atoms with Crippen molar-refractivity contribution in [3.05, 3.63) is 17.7 Å². The molecule has 0 N–H and O–H groups in total. The smallest absolute Gasteiger partial charge is 0.109 e. The molecule has 1 unspecified atom stereocenters. The first-order chi connectivity index (χ1) is 8.34. The molecule has 94 valence electrons. The van der Waals surface area contributed by atoms with Gasteiger partial charge in [-0.2, -0.15) is 11.8 Å². The normalized spacial score (nSPS) is 25.8. The summed E-state index contributed by atoms with van der Waals surface area (Å²) in [5.74, 6) is 4.96. The van der Waals surface area contributed by atoms with Crippen LogP contribution in [0.3, 0.4) is 0 Å². The van der Waals surface area contributed by atoms with Gasteiger partial charge >= 0.3 is 0 Å². The second kappa shape index (κ2) is 5.05. The first-order valence-electron chi connectivity index (χ1n) is 6.97. The Bertz CT molecular complexity index is 380. The van der Waals surface area contributed by atoms with Crippen LogP contribution in [0.2, 0.25) is 0 Å². The lowest BCUT2D eigenvalue weighted by Crippen LogP contribution is -2.20. The van der Waals surface area contributed by atoms with Crippen molar-refractivity contribution < 1.29 is 0 Å². The Morgan fingerprint density at radius 2 is 2.18 bits per heavy atom. The first kappa shape index (κ1) is 11.6. The summed E-state index contributed by atoms with van der Waals surface area (Å²) in [6.45, 7) is 2.35. The van der Waals surface area contributed by atoms with Crippen LogP contribution < -0.4 is 0 Å². The van der Waals surface area contributed by atoms with Crippen molar-refractivity contribution in [2.75, 3.05) is 11.5 Å². The Kier molecular flexibility index (Phi) is 3.46. The summed E-state index contributed by atoms with van der Waals surface area (Å²) >= 11 is 2.11. The second-order valence-electron chi connectivity index (χ2n) is 5.54. The highest BCUT2D eigenvalue weighted by Crippen LogP contribution is 2.30. The van der Waals surface area contributed by atoms with E-state index in [1.807, 2.05) is 0 Å². The van der Waals surface area contributed by atoms with E-state index in [1.54, 1.807) is 0 Å². The summed E-state index contributed by atoms with van der Waals surface area (Å²) in [6, 6.07) is 0.675. The fourth-order valence-corrected chi connectivity index (χ4v) is 4.43. The predicted molar refractivity (Wildman–Crippen MR) is 73.6 cm³/mol. The van der Waals surface area contributed by atoms with Gasteiger partial charge in [-0.05, 0) is 56.5 Å². The van der Waals surface area contributed by atoms with Crippen LogP contribution in [0.1, 0.15) is 50.2 Å². The molecule has 0 aliphatic carbocycles. The molecular weight excluding hydrogens is 228 g/mol. The summed E-state index contributed by atoms with van der Waals surface area (Å²) in [4.78, 5) is 4.70. The summed E-state index contributed by atoms with van der Waals surface area (Å²) in [6.07, 6.45) is 10.0. The van der Waals surface area contributed by atoms with Crippen molar-refractivity contribution in [3.8, 4) is 0 Å². The molecule has 2 nitrogen and oxygen atoms in total. The highest BCUT2D eigenvalue weighted by atomic mass is 32.2. The van der Waals surface area contributed by atoms with Crippen LogP contribution in [-0.2, 0) is 12.8 Å². The van der Waals surface area contributed by atoms with E-state index >= 15 is 0 Å². The molecule has 0 amide bonds. The van der Waals surface area contributed by atoms with Crippen LogP contribution in [0.25, 0.3) is 0 Å². The first-order valence-corrected chi connectivity index (χ1v) is 8.13. The van der Waals surface area contributed by atoms with E-state index in [0.29, 0.717) is 6.04 Å². The number of fused-ring (bicyclic) bond motifs is 1. The number of hydrogen-bond donors (Lipinski definition) is 0. The van der Waals surface area contributed by atoms with Gasteiger partial charge in [0.15, 0.2) is 0 Å². The van der Waals surface area contributed by atoms with Crippen LogP contribution in [-0.4, -0.2) is 21.1 Å². The summed E-state index contributed by atoms with van der Waals surface area (Å²) in [5.41, 5.74) is 1.48. The van der Waals surface area contributed by atoms with Crippen LogP contribution in [0.5, 0.6) is 0 Å². The van der Waals surface area contributed by atoms with Crippen molar-refractivity contribution in [2.24, 2.45) is 5.92 Å². The van der Waals surface area contributed by atoms with Gasteiger partial charge in [0.2, 0.25) is 0 Å². The highest BCUT2D eigenvalue weighted by molar-refractivity contribution is 7.99. The molecule has 0 saturated carbocycles. The second-order valence-corrected chi connectivity index (χ2v) is 6.76. The maximum Gasteiger partial charge on any atom is 0.109 e. The Balaban J connectivity index is 1.76. The molecule has 1 fully saturated rings. The van der Waals surface area contributed by atoms with Gasteiger partial charge in [-0.3, -0.25) is 0 Å². The fraction of sp³-hybridized carbons (Fsp3) is 0.786. The Morgan fingerprint density at radius 1 is 1.35 bits per heavy atom. The number of rotatable bonds is 2. The van der Waals surface area contributed by atoms with Crippen LogP contribution in [0.15, 0.2) is 6.20 Å². The van der Waals surface area contributed by atoms with Gasteiger partial charge in [0.25, 0.3) is 0 Å². The maximum atomic E-state index is 4.70. The molecule has 1 aromatic rings. The van der Waals surface area contributed by atoms with Crippen molar-refractivity contribution in [2.45, 2.75) is 51.5 Å². The van der Waals surface area contributed by atoms with Gasteiger partial charge in [0.05, 0.1) is 0 Å². The lowest BCUT2D eigenvalue weighted by atomic mass is 9.97. The highest BCUT2D eigenvalue weighted by Gasteiger charge is 2.22. The number of aryl methyl sites for hydroxylation is 1. The Labute approximate surface area is 108 Å². The third kappa shape index (κ3) is 2.40. The summed E-state index contributed by atoms with van der Waals surface area (Å²) < 4.78 is 2.53. The zero-order valence-electron chi connectivity index (χ0n) is 10.7. The molecule has 1 aromatic heterocycles. The molecule has 17 heavy (non-hydrogen) atoms. The van der Waals surface area contributed by atoms with E-state index in [2.05, 4.69) is 29.4 Å². The van der Waals surface area contributed by atoms with Gasteiger partial charge in [-0.1, -0.05) is 0 Å². The lowest BCUT2D eigenvalue weighted by molar-refractivity contribution is 0.396. The SMILES string of the molecule is CC1CCCc2cnc(CC3CCSCC3)n21. The molecule has 0 radical (unpaired) electrons. The average molecular weight is 250 g/mol. The van der Waals surface area contributed by atoms with E-state index in [4.69, 9.17) is 4.98 Å². The van der Waals surface area contributed by atoms with E-state index < -0.39 is 0 Å². The van der Waals surface area contributed by atoms with E-state index in [9.17, 15) is 0 Å². The van der Waals surface area contributed by atoms with Crippen LogP contribution in [0.4, 0.5) is 0 Å². The number of nitrogens with zero attached hydrogens (tertiary/aromatic N) is 2. The molecule has 0 bridgehead atoms. The maximum absolute atomic E-state index is 4.70. The number of thioether (sulfide) groups is 1. The zero-order chi connectivity index (χ0) is 11.7. The number of imidazole rings is 1. The molecule has 3 heterocycles. The molecular formula is C14H22N2S. The summed E-state index contributed by atoms with van der Waals surface area (Å²) in [5, 5.41) is 0. The number of hydrogen-bond acceptors (Lipinski definition) is 2. The van der Waals surface area contributed by atoms with Gasteiger partial charge in [0.1, 0.15) is 5.82 Å². The van der Waals surface area contributed by atoms with Gasteiger partial charge < -0.3 is 4.57 Å². The molecule has 0 spiro atoms. The van der Waals surface area contributed by atoms with Crippen LogP contribution in [0, 0.1) is 5.92 Å². The van der Waals surface area contributed by atoms with Gasteiger partial charge in [-0.25, -0.2) is 4.98 Å². The average Bonchev–Trinajstić information content (AvgIpc) is 2.75. The molecule has 1 atom stereocenters. The molecule has 3 heteroatoms. The molecule has 0 aromatic carbocycles. The van der Waals surface area contributed by atoms with Crippen LogP contribution >= 0.6 is 11.8 Å². The Morgan fingerprint density at radius 3 is 3.00 bits per heavy atom. The van der Waals surface area contributed by atoms with Gasteiger partial charge in [0, 0.05) is 24.4 Å². The fourth-order valence-electron chi connectivity index (χ4n) is 3.23. The van der Waals surface area contributed by atoms with Crippen molar-refractivity contribution in [1.29, 1.82) is 0 Å². The quantitative estimate of drug-likeness (QED) is 0.800. The predicted octanol–water partition coefficient (Wildman–Crippen LogP) is 3.47. The minimum absolute atomic E-state index is 0.675. The van der Waals surface area contributed by atoms with Gasteiger partial charge in [-0.15, -0.1) is 0 Å². The zero-order valence-corrected chi connectivity index (χ0v) is 11.5. The topological polar surface area (TPSA) is 17.8 Å². The third-order valence-corrected chi connectivity index (χ3v) is 5.31. The molecule has 1 saturated heterocycles.